The van der Waals surface area contributed by atoms with Crippen LogP contribution in [0.1, 0.15) is 45.3 Å². The van der Waals surface area contributed by atoms with Crippen LogP contribution >= 0.6 is 0 Å². The van der Waals surface area contributed by atoms with E-state index < -0.39 is 5.60 Å². The molecule has 2 nitrogen and oxygen atoms in total. The molecular weight excluding hydrogens is 236 g/mol. The van der Waals surface area contributed by atoms with Crippen molar-refractivity contribution in [3.63, 3.8) is 0 Å². The van der Waals surface area contributed by atoms with Crippen molar-refractivity contribution in [2.45, 2.75) is 50.9 Å². The number of fused-ring (bicyclic) bond motifs is 3. The Morgan fingerprint density at radius 1 is 1.26 bits per heavy atom. The zero-order valence-corrected chi connectivity index (χ0v) is 11.8. The Bertz CT molecular complexity index is 540. The van der Waals surface area contributed by atoms with E-state index in [9.17, 15) is 0 Å². The fourth-order valence-corrected chi connectivity index (χ4v) is 3.27. The van der Waals surface area contributed by atoms with Gasteiger partial charge in [-0.05, 0) is 39.7 Å². The molecule has 1 aromatic carbocycles. The summed E-state index contributed by atoms with van der Waals surface area (Å²) >= 11 is 0. The molecule has 1 fully saturated rings. The molecule has 1 saturated heterocycles. The molecule has 0 saturated carbocycles. The maximum Gasteiger partial charge on any atom is 0.126 e. The highest BCUT2D eigenvalue weighted by atomic mass is 16.5. The first-order chi connectivity index (χ1) is 8.95. The highest BCUT2D eigenvalue weighted by molar-refractivity contribution is 5.39. The van der Waals surface area contributed by atoms with Crippen molar-refractivity contribution >= 4 is 0 Å². The average molecular weight is 256 g/mol. The van der Waals surface area contributed by atoms with Gasteiger partial charge < -0.3 is 9.47 Å². The summed E-state index contributed by atoms with van der Waals surface area (Å²) in [4.78, 5) is 0. The van der Waals surface area contributed by atoms with Crippen LogP contribution in [0.5, 0.6) is 5.75 Å². The fraction of sp³-hybridized carbons (Fsp3) is 0.529. The highest BCUT2D eigenvalue weighted by Gasteiger charge is 2.49. The Labute approximate surface area is 115 Å². The van der Waals surface area contributed by atoms with Crippen LogP contribution in [0, 0.1) is 18.3 Å². The van der Waals surface area contributed by atoms with Crippen LogP contribution in [0.15, 0.2) is 24.3 Å². The maximum atomic E-state index is 6.27. The molecule has 0 spiro atoms. The predicted octanol–water partition coefficient (Wildman–Crippen LogP) is 3.72. The highest BCUT2D eigenvalue weighted by Crippen LogP contribution is 2.52. The lowest BCUT2D eigenvalue weighted by Gasteiger charge is -2.50. The van der Waals surface area contributed by atoms with E-state index in [1.807, 2.05) is 25.1 Å². The molecule has 100 valence electrons. The van der Waals surface area contributed by atoms with Gasteiger partial charge in [-0.2, -0.15) is 0 Å². The summed E-state index contributed by atoms with van der Waals surface area (Å²) in [6, 6.07) is 8.13. The minimum atomic E-state index is -0.457. The molecule has 3 atom stereocenters. The second-order valence-electron chi connectivity index (χ2n) is 6.30. The SMILES string of the molecule is C#C[C@]1(C)CC[C@H]2[C@@H](O1)c1ccccc1OC2(C)C. The summed E-state index contributed by atoms with van der Waals surface area (Å²) < 4.78 is 12.4. The van der Waals surface area contributed by atoms with Gasteiger partial charge in [0.2, 0.25) is 0 Å². The second-order valence-corrected chi connectivity index (χ2v) is 6.30. The third-order valence-corrected chi connectivity index (χ3v) is 4.48. The van der Waals surface area contributed by atoms with Crippen molar-refractivity contribution in [2.75, 3.05) is 0 Å². The molecule has 0 bridgehead atoms. The molecule has 0 aromatic heterocycles. The minimum absolute atomic E-state index is 0.0368. The number of ether oxygens (including phenoxy) is 2. The molecule has 2 heteroatoms. The topological polar surface area (TPSA) is 18.5 Å². The lowest BCUT2D eigenvalue weighted by Crippen LogP contribution is -2.50. The first-order valence-corrected chi connectivity index (χ1v) is 6.89. The normalized spacial score (nSPS) is 35.5. The molecular formula is C17H20O2. The summed E-state index contributed by atoms with van der Waals surface area (Å²) in [7, 11) is 0. The van der Waals surface area contributed by atoms with Crippen molar-refractivity contribution in [1.29, 1.82) is 0 Å². The van der Waals surface area contributed by atoms with Crippen molar-refractivity contribution in [3.8, 4) is 18.1 Å². The van der Waals surface area contributed by atoms with Crippen molar-refractivity contribution < 1.29 is 9.47 Å². The van der Waals surface area contributed by atoms with E-state index in [2.05, 4.69) is 25.8 Å². The molecule has 0 aliphatic carbocycles. The van der Waals surface area contributed by atoms with Crippen molar-refractivity contribution in [1.82, 2.24) is 0 Å². The van der Waals surface area contributed by atoms with Crippen LogP contribution in [0.4, 0.5) is 0 Å². The summed E-state index contributed by atoms with van der Waals surface area (Å²) in [6.07, 6.45) is 7.60. The van der Waals surface area contributed by atoms with E-state index in [0.29, 0.717) is 5.92 Å². The van der Waals surface area contributed by atoms with Gasteiger partial charge in [0.05, 0.1) is 6.10 Å². The molecule has 0 amide bonds. The van der Waals surface area contributed by atoms with E-state index in [-0.39, 0.29) is 11.7 Å². The van der Waals surface area contributed by atoms with Gasteiger partial charge in [-0.25, -0.2) is 0 Å². The second kappa shape index (κ2) is 4.02. The van der Waals surface area contributed by atoms with Crippen LogP contribution in [-0.4, -0.2) is 11.2 Å². The zero-order chi connectivity index (χ0) is 13.7. The third-order valence-electron chi connectivity index (χ3n) is 4.48. The fourth-order valence-electron chi connectivity index (χ4n) is 3.27. The molecule has 19 heavy (non-hydrogen) atoms. The van der Waals surface area contributed by atoms with Crippen LogP contribution in [-0.2, 0) is 4.74 Å². The molecule has 3 rings (SSSR count). The van der Waals surface area contributed by atoms with Gasteiger partial charge in [-0.3, -0.25) is 0 Å². The van der Waals surface area contributed by atoms with Crippen LogP contribution in [0.3, 0.4) is 0 Å². The Kier molecular flexibility index (Phi) is 2.66. The standard InChI is InChI=1S/C17H20O2/c1-5-17(4)11-10-13-15(19-17)12-8-6-7-9-14(12)18-16(13,2)3/h1,6-9,13,15H,10-11H2,2-4H3/t13-,15-,17+/m0/s1. The van der Waals surface area contributed by atoms with Gasteiger partial charge in [-0.1, -0.05) is 24.1 Å². The summed E-state index contributed by atoms with van der Waals surface area (Å²) in [5.74, 6) is 4.09. The van der Waals surface area contributed by atoms with E-state index in [0.717, 1.165) is 24.2 Å². The third kappa shape index (κ3) is 1.93. The van der Waals surface area contributed by atoms with E-state index >= 15 is 0 Å². The quantitative estimate of drug-likeness (QED) is 0.659. The lowest BCUT2D eigenvalue weighted by atomic mass is 9.73. The van der Waals surface area contributed by atoms with E-state index in [4.69, 9.17) is 15.9 Å². The van der Waals surface area contributed by atoms with Crippen LogP contribution in [0.2, 0.25) is 0 Å². The number of hydrogen-bond acceptors (Lipinski definition) is 2. The number of hydrogen-bond donors (Lipinski definition) is 0. The molecule has 0 radical (unpaired) electrons. The van der Waals surface area contributed by atoms with E-state index in [1.54, 1.807) is 0 Å². The molecule has 1 aromatic rings. The maximum absolute atomic E-state index is 6.27. The van der Waals surface area contributed by atoms with Gasteiger partial charge in [-0.15, -0.1) is 6.42 Å². The lowest BCUT2D eigenvalue weighted by molar-refractivity contribution is -0.169. The van der Waals surface area contributed by atoms with Gasteiger partial charge >= 0.3 is 0 Å². The molecule has 2 aliphatic heterocycles. The zero-order valence-electron chi connectivity index (χ0n) is 11.8. The van der Waals surface area contributed by atoms with E-state index in [1.165, 1.54) is 0 Å². The number of para-hydroxylation sites is 1. The minimum Gasteiger partial charge on any atom is -0.487 e. The smallest absolute Gasteiger partial charge is 0.126 e. The Morgan fingerprint density at radius 3 is 2.74 bits per heavy atom. The summed E-state index contributed by atoms with van der Waals surface area (Å²) in [5.41, 5.74) is 0.462. The van der Waals surface area contributed by atoms with Crippen LogP contribution in [0.25, 0.3) is 0 Å². The summed E-state index contributed by atoms with van der Waals surface area (Å²) in [5, 5.41) is 0. The Morgan fingerprint density at radius 2 is 2.00 bits per heavy atom. The molecule has 0 N–H and O–H groups in total. The van der Waals surface area contributed by atoms with Crippen molar-refractivity contribution in [2.24, 2.45) is 5.92 Å². The molecule has 0 unspecified atom stereocenters. The molecule has 2 aliphatic rings. The van der Waals surface area contributed by atoms with Gasteiger partial charge in [0.25, 0.3) is 0 Å². The Balaban J connectivity index is 2.06. The first-order valence-electron chi connectivity index (χ1n) is 6.89. The average Bonchev–Trinajstić information content (AvgIpc) is 2.38. The monoisotopic (exact) mass is 256 g/mol. The number of terminal acetylenes is 1. The summed E-state index contributed by atoms with van der Waals surface area (Å²) in [6.45, 7) is 6.29. The first kappa shape index (κ1) is 12.6. The number of rotatable bonds is 0. The van der Waals surface area contributed by atoms with Gasteiger partial charge in [0, 0.05) is 11.5 Å². The molecule has 2 heterocycles. The largest absolute Gasteiger partial charge is 0.487 e. The number of benzene rings is 1. The van der Waals surface area contributed by atoms with Crippen LogP contribution < -0.4 is 4.74 Å². The predicted molar refractivity (Wildman–Crippen MR) is 74.9 cm³/mol. The van der Waals surface area contributed by atoms with Gasteiger partial charge in [0.1, 0.15) is 17.0 Å². The van der Waals surface area contributed by atoms with Crippen molar-refractivity contribution in [3.05, 3.63) is 29.8 Å². The Hall–Kier alpha value is -1.46. The van der Waals surface area contributed by atoms with Gasteiger partial charge in [0.15, 0.2) is 0 Å².